The molecule has 5 nitrogen and oxygen atoms in total. The molecule has 0 spiro atoms. The number of aliphatic hydroxyl groups is 1. The maximum atomic E-state index is 12.0. The first-order valence-corrected chi connectivity index (χ1v) is 6.71. The Hall–Kier alpha value is -0.360. The lowest BCUT2D eigenvalue weighted by atomic mass is 9.99. The number of hydrogen-bond donors (Lipinski definition) is 1. The number of hydrogen-bond acceptors (Lipinski definition) is 4. The van der Waals surface area contributed by atoms with E-state index in [4.69, 9.17) is 21.1 Å². The van der Waals surface area contributed by atoms with Crippen LogP contribution in [0.2, 0.25) is 0 Å². The average Bonchev–Trinajstić information content (AvgIpc) is 2.72. The van der Waals surface area contributed by atoms with Gasteiger partial charge in [0, 0.05) is 18.8 Å². The van der Waals surface area contributed by atoms with Gasteiger partial charge < -0.3 is 19.5 Å². The van der Waals surface area contributed by atoms with Crippen molar-refractivity contribution >= 4 is 17.5 Å². The summed E-state index contributed by atoms with van der Waals surface area (Å²) >= 11 is 5.81. The van der Waals surface area contributed by atoms with Gasteiger partial charge in [-0.3, -0.25) is 4.79 Å². The Morgan fingerprint density at radius 3 is 2.50 bits per heavy atom. The molecule has 0 saturated carbocycles. The molecule has 0 aromatic heterocycles. The largest absolute Gasteiger partial charge is 0.394 e. The van der Waals surface area contributed by atoms with Gasteiger partial charge in [0.25, 0.3) is 0 Å². The molecule has 0 aromatic carbocycles. The maximum Gasteiger partial charge on any atom is 0.223 e. The molecule has 18 heavy (non-hydrogen) atoms. The fourth-order valence-electron chi connectivity index (χ4n) is 2.38. The molecule has 0 radical (unpaired) electrons. The third-order valence-electron chi connectivity index (χ3n) is 3.67. The number of ether oxygens (including phenoxy) is 2. The topological polar surface area (TPSA) is 59.0 Å². The van der Waals surface area contributed by atoms with Crippen LogP contribution in [0.3, 0.4) is 0 Å². The molecule has 104 valence electrons. The SMILES string of the molecule is CC1(C)OCC(CO)(N2CC(CCl)CC2=O)CO1. The van der Waals surface area contributed by atoms with Gasteiger partial charge in [-0.05, 0) is 19.8 Å². The summed E-state index contributed by atoms with van der Waals surface area (Å²) in [5.41, 5.74) is -0.757. The zero-order valence-corrected chi connectivity index (χ0v) is 11.6. The zero-order valence-electron chi connectivity index (χ0n) is 10.8. The van der Waals surface area contributed by atoms with E-state index >= 15 is 0 Å². The van der Waals surface area contributed by atoms with Crippen LogP contribution >= 0.6 is 11.6 Å². The highest BCUT2D eigenvalue weighted by molar-refractivity contribution is 6.18. The van der Waals surface area contributed by atoms with Crippen LogP contribution in [-0.4, -0.2) is 59.5 Å². The van der Waals surface area contributed by atoms with Gasteiger partial charge in [-0.25, -0.2) is 0 Å². The van der Waals surface area contributed by atoms with Crippen LogP contribution in [0.25, 0.3) is 0 Å². The maximum absolute atomic E-state index is 12.0. The fraction of sp³-hybridized carbons (Fsp3) is 0.917. The zero-order chi connectivity index (χ0) is 13.4. The van der Waals surface area contributed by atoms with Crippen LogP contribution < -0.4 is 0 Å². The molecule has 0 aromatic rings. The van der Waals surface area contributed by atoms with Gasteiger partial charge in [-0.15, -0.1) is 11.6 Å². The number of rotatable bonds is 3. The summed E-state index contributed by atoms with van der Waals surface area (Å²) in [6.07, 6.45) is 0.439. The molecule has 2 aliphatic heterocycles. The van der Waals surface area contributed by atoms with E-state index in [-0.39, 0.29) is 31.6 Å². The molecule has 2 saturated heterocycles. The molecule has 2 aliphatic rings. The van der Waals surface area contributed by atoms with Crippen molar-refractivity contribution < 1.29 is 19.4 Å². The summed E-state index contributed by atoms with van der Waals surface area (Å²) in [5.74, 6) is -0.0382. The minimum absolute atomic E-state index is 0.0154. The van der Waals surface area contributed by atoms with Crippen molar-refractivity contribution in [2.45, 2.75) is 31.6 Å². The molecule has 0 bridgehead atoms. The normalized spacial score (nSPS) is 30.8. The second kappa shape index (κ2) is 4.96. The van der Waals surface area contributed by atoms with Gasteiger partial charge in [0.1, 0.15) is 5.54 Å². The van der Waals surface area contributed by atoms with Gasteiger partial charge >= 0.3 is 0 Å². The molecule has 2 fully saturated rings. The lowest BCUT2D eigenvalue weighted by molar-refractivity contribution is -0.288. The molecule has 2 heterocycles. The van der Waals surface area contributed by atoms with E-state index in [2.05, 4.69) is 0 Å². The first-order valence-electron chi connectivity index (χ1n) is 6.18. The highest BCUT2D eigenvalue weighted by Crippen LogP contribution is 2.32. The second-order valence-electron chi connectivity index (χ2n) is 5.59. The standard InChI is InChI=1S/C12H20ClNO4/c1-11(2)17-7-12(6-15,8-18-11)14-5-9(4-13)3-10(14)16/h9,15H,3-8H2,1-2H3. The number of amides is 1. The number of aliphatic hydroxyl groups excluding tert-OH is 1. The minimum Gasteiger partial charge on any atom is -0.394 e. The van der Waals surface area contributed by atoms with Crippen LogP contribution in [-0.2, 0) is 14.3 Å². The van der Waals surface area contributed by atoms with Gasteiger partial charge in [0.15, 0.2) is 5.79 Å². The number of alkyl halides is 1. The summed E-state index contributed by atoms with van der Waals surface area (Å²) in [4.78, 5) is 13.7. The van der Waals surface area contributed by atoms with Crippen molar-refractivity contribution in [3.05, 3.63) is 0 Å². The molecule has 2 rings (SSSR count). The van der Waals surface area contributed by atoms with Gasteiger partial charge in [0.05, 0.1) is 19.8 Å². The summed E-state index contributed by atoms with van der Waals surface area (Å²) < 4.78 is 11.2. The Bertz CT molecular complexity index is 324. The Morgan fingerprint density at radius 2 is 2.06 bits per heavy atom. The number of carbonyl (C=O) groups is 1. The van der Waals surface area contributed by atoms with Crippen molar-refractivity contribution in [1.82, 2.24) is 4.90 Å². The Labute approximate surface area is 112 Å². The predicted octanol–water partition coefficient (Wildman–Crippen LogP) is 0.588. The molecular weight excluding hydrogens is 258 g/mol. The first kappa shape index (κ1) is 14.1. The highest BCUT2D eigenvalue weighted by atomic mass is 35.5. The summed E-state index contributed by atoms with van der Waals surface area (Å²) in [5, 5.41) is 9.66. The molecule has 1 unspecified atom stereocenters. The number of likely N-dealkylation sites (tertiary alicyclic amines) is 1. The van der Waals surface area contributed by atoms with Crippen molar-refractivity contribution in [2.75, 3.05) is 32.2 Å². The minimum atomic E-state index is -0.757. The third kappa shape index (κ3) is 2.50. The van der Waals surface area contributed by atoms with E-state index in [1.165, 1.54) is 0 Å². The van der Waals surface area contributed by atoms with E-state index < -0.39 is 11.3 Å². The molecule has 0 aliphatic carbocycles. The van der Waals surface area contributed by atoms with Crippen molar-refractivity contribution in [3.63, 3.8) is 0 Å². The fourth-order valence-corrected chi connectivity index (χ4v) is 2.58. The number of nitrogens with zero attached hydrogens (tertiary/aromatic N) is 1. The second-order valence-corrected chi connectivity index (χ2v) is 5.90. The van der Waals surface area contributed by atoms with E-state index in [1.807, 2.05) is 13.8 Å². The summed E-state index contributed by atoms with van der Waals surface area (Å²) in [6.45, 7) is 4.62. The van der Waals surface area contributed by atoms with Gasteiger partial charge in [-0.2, -0.15) is 0 Å². The Kier molecular flexibility index (Phi) is 3.88. The van der Waals surface area contributed by atoms with Crippen LogP contribution in [0.1, 0.15) is 20.3 Å². The number of halogens is 1. The molecule has 1 amide bonds. The predicted molar refractivity (Wildman–Crippen MR) is 66.3 cm³/mol. The van der Waals surface area contributed by atoms with E-state index in [0.29, 0.717) is 18.8 Å². The first-order chi connectivity index (χ1) is 8.42. The van der Waals surface area contributed by atoms with E-state index in [1.54, 1.807) is 4.90 Å². The molecule has 1 atom stereocenters. The van der Waals surface area contributed by atoms with Crippen LogP contribution in [0.4, 0.5) is 0 Å². The molecule has 6 heteroatoms. The third-order valence-corrected chi connectivity index (χ3v) is 4.10. The lowest BCUT2D eigenvalue weighted by Gasteiger charge is -2.47. The van der Waals surface area contributed by atoms with Crippen molar-refractivity contribution in [2.24, 2.45) is 5.92 Å². The smallest absolute Gasteiger partial charge is 0.223 e. The average molecular weight is 278 g/mol. The van der Waals surface area contributed by atoms with Crippen LogP contribution in [0.15, 0.2) is 0 Å². The Morgan fingerprint density at radius 1 is 1.44 bits per heavy atom. The van der Waals surface area contributed by atoms with Gasteiger partial charge in [0.2, 0.25) is 5.91 Å². The van der Waals surface area contributed by atoms with E-state index in [0.717, 1.165) is 0 Å². The highest BCUT2D eigenvalue weighted by Gasteiger charge is 2.49. The Balaban J connectivity index is 2.12. The van der Waals surface area contributed by atoms with Crippen LogP contribution in [0.5, 0.6) is 0 Å². The lowest BCUT2D eigenvalue weighted by Crippen LogP contribution is -2.63. The van der Waals surface area contributed by atoms with Crippen molar-refractivity contribution in [1.29, 1.82) is 0 Å². The van der Waals surface area contributed by atoms with E-state index in [9.17, 15) is 9.90 Å². The quantitative estimate of drug-likeness (QED) is 0.767. The summed E-state index contributed by atoms with van der Waals surface area (Å²) in [6, 6.07) is 0. The number of carbonyl (C=O) groups excluding carboxylic acids is 1. The molecular formula is C12H20ClNO4. The van der Waals surface area contributed by atoms with Gasteiger partial charge in [-0.1, -0.05) is 0 Å². The van der Waals surface area contributed by atoms with Crippen LogP contribution in [0, 0.1) is 5.92 Å². The monoisotopic (exact) mass is 277 g/mol. The molecule has 1 N–H and O–H groups in total. The van der Waals surface area contributed by atoms with Crippen molar-refractivity contribution in [3.8, 4) is 0 Å². The summed E-state index contributed by atoms with van der Waals surface area (Å²) in [7, 11) is 0.